The third kappa shape index (κ3) is 3.39. The molecule has 1 saturated heterocycles. The molecule has 0 amide bonds. The minimum Gasteiger partial charge on any atom is -0.370 e. The van der Waals surface area contributed by atoms with Gasteiger partial charge in [0.05, 0.1) is 12.2 Å². The van der Waals surface area contributed by atoms with Crippen molar-refractivity contribution in [3.8, 4) is 0 Å². The maximum absolute atomic E-state index is 5.58. The van der Waals surface area contributed by atoms with Crippen molar-refractivity contribution in [2.24, 2.45) is 0 Å². The molecule has 19 heavy (non-hydrogen) atoms. The summed E-state index contributed by atoms with van der Waals surface area (Å²) in [7, 11) is 0. The first kappa shape index (κ1) is 14.6. The van der Waals surface area contributed by atoms with Gasteiger partial charge in [-0.2, -0.15) is 0 Å². The molecule has 0 radical (unpaired) electrons. The van der Waals surface area contributed by atoms with E-state index < -0.39 is 0 Å². The Hall–Kier alpha value is -0.820. The van der Waals surface area contributed by atoms with Gasteiger partial charge in [-0.25, -0.2) is 0 Å². The highest BCUT2D eigenvalue weighted by Crippen LogP contribution is 2.35. The van der Waals surface area contributed by atoms with Crippen molar-refractivity contribution in [3.63, 3.8) is 0 Å². The van der Waals surface area contributed by atoms with Crippen molar-refractivity contribution in [2.45, 2.75) is 77.9 Å². The van der Waals surface area contributed by atoms with Crippen LogP contribution in [0.25, 0.3) is 0 Å². The Kier molecular flexibility index (Phi) is 4.06. The molecule has 1 aromatic carbocycles. The van der Waals surface area contributed by atoms with Crippen LogP contribution in [0.2, 0.25) is 0 Å². The molecule has 2 rings (SSSR count). The average Bonchev–Trinajstić information content (AvgIpc) is 3.02. The number of aryl methyl sites for hydroxylation is 1. The van der Waals surface area contributed by atoms with Crippen LogP contribution >= 0.6 is 0 Å². The summed E-state index contributed by atoms with van der Waals surface area (Å²) < 4.78 is 5.58. The van der Waals surface area contributed by atoms with Gasteiger partial charge in [0, 0.05) is 0 Å². The van der Waals surface area contributed by atoms with Crippen LogP contribution in [0.3, 0.4) is 0 Å². The summed E-state index contributed by atoms with van der Waals surface area (Å²) in [5.74, 6) is 0.590. The maximum Gasteiger partial charge on any atom is 0.0844 e. The van der Waals surface area contributed by atoms with E-state index in [1.807, 2.05) is 0 Å². The molecule has 106 valence electrons. The zero-order valence-electron chi connectivity index (χ0n) is 13.3. The van der Waals surface area contributed by atoms with Gasteiger partial charge in [0.15, 0.2) is 0 Å². The fourth-order valence-corrected chi connectivity index (χ4v) is 2.80. The smallest absolute Gasteiger partial charge is 0.0844 e. The molecule has 1 aliphatic heterocycles. The van der Waals surface area contributed by atoms with E-state index in [9.17, 15) is 0 Å². The Morgan fingerprint density at radius 1 is 1.26 bits per heavy atom. The second-order valence-electron chi connectivity index (χ2n) is 7.03. The lowest BCUT2D eigenvalue weighted by Gasteiger charge is -2.23. The van der Waals surface area contributed by atoms with E-state index in [1.165, 1.54) is 16.7 Å². The molecule has 0 spiro atoms. The van der Waals surface area contributed by atoms with E-state index in [0.29, 0.717) is 18.1 Å². The monoisotopic (exact) mass is 260 g/mol. The molecule has 0 bridgehead atoms. The predicted octanol–water partition coefficient (Wildman–Crippen LogP) is 4.83. The third-order valence-electron chi connectivity index (χ3n) is 4.35. The first-order valence-electron chi connectivity index (χ1n) is 7.61. The maximum atomic E-state index is 5.58. The first-order chi connectivity index (χ1) is 8.82. The molecule has 1 fully saturated rings. The number of ether oxygens (including phenoxy) is 1. The molecule has 1 aliphatic rings. The van der Waals surface area contributed by atoms with Crippen LogP contribution in [0.5, 0.6) is 0 Å². The minimum atomic E-state index is 0.226. The van der Waals surface area contributed by atoms with E-state index in [0.717, 1.165) is 12.8 Å². The first-order valence-corrected chi connectivity index (χ1v) is 7.61. The standard InChI is InChI=1S/C18H28O/c1-7-14-8-9-15(18(4,5)6)11-16(14)12(2)10-17-13(3)19-17/h8-9,11-13,17H,7,10H2,1-6H3. The summed E-state index contributed by atoms with van der Waals surface area (Å²) in [5.41, 5.74) is 4.69. The van der Waals surface area contributed by atoms with Crippen LogP contribution in [-0.2, 0) is 16.6 Å². The fourth-order valence-electron chi connectivity index (χ4n) is 2.80. The quantitative estimate of drug-likeness (QED) is 0.707. The summed E-state index contributed by atoms with van der Waals surface area (Å²) >= 11 is 0. The lowest BCUT2D eigenvalue weighted by Crippen LogP contribution is -2.13. The van der Waals surface area contributed by atoms with Crippen LogP contribution < -0.4 is 0 Å². The number of rotatable bonds is 4. The van der Waals surface area contributed by atoms with Crippen LogP contribution in [0.1, 0.15) is 70.6 Å². The lowest BCUT2D eigenvalue weighted by molar-refractivity contribution is 0.362. The Labute approximate surface area is 118 Å². The van der Waals surface area contributed by atoms with E-state index in [-0.39, 0.29) is 5.41 Å². The number of hydrogen-bond donors (Lipinski definition) is 0. The summed E-state index contributed by atoms with van der Waals surface area (Å²) in [6, 6.07) is 7.05. The highest BCUT2D eigenvalue weighted by Gasteiger charge is 2.35. The Morgan fingerprint density at radius 2 is 1.89 bits per heavy atom. The van der Waals surface area contributed by atoms with E-state index in [1.54, 1.807) is 0 Å². The van der Waals surface area contributed by atoms with Gasteiger partial charge in [-0.1, -0.05) is 52.8 Å². The van der Waals surface area contributed by atoms with Crippen LogP contribution in [0, 0.1) is 0 Å². The van der Waals surface area contributed by atoms with Crippen molar-refractivity contribution in [2.75, 3.05) is 0 Å². The number of benzene rings is 1. The van der Waals surface area contributed by atoms with Crippen molar-refractivity contribution < 1.29 is 4.74 Å². The summed E-state index contributed by atoms with van der Waals surface area (Å²) in [6.07, 6.45) is 3.23. The lowest BCUT2D eigenvalue weighted by atomic mass is 9.82. The predicted molar refractivity (Wildman–Crippen MR) is 81.9 cm³/mol. The molecule has 0 aromatic heterocycles. The second-order valence-corrected chi connectivity index (χ2v) is 7.03. The highest BCUT2D eigenvalue weighted by molar-refractivity contribution is 5.37. The van der Waals surface area contributed by atoms with E-state index in [2.05, 4.69) is 59.7 Å². The van der Waals surface area contributed by atoms with Gasteiger partial charge in [0.25, 0.3) is 0 Å². The third-order valence-corrected chi connectivity index (χ3v) is 4.35. The van der Waals surface area contributed by atoms with Gasteiger partial charge in [0.1, 0.15) is 0 Å². The molecular weight excluding hydrogens is 232 g/mol. The van der Waals surface area contributed by atoms with E-state index in [4.69, 9.17) is 4.74 Å². The molecule has 0 saturated carbocycles. The van der Waals surface area contributed by atoms with Crippen LogP contribution in [0.15, 0.2) is 18.2 Å². The molecule has 1 heterocycles. The number of hydrogen-bond acceptors (Lipinski definition) is 1. The summed E-state index contributed by atoms with van der Waals surface area (Å²) in [4.78, 5) is 0. The molecule has 1 heteroatoms. The van der Waals surface area contributed by atoms with Gasteiger partial charge in [-0.3, -0.25) is 0 Å². The van der Waals surface area contributed by atoms with Crippen molar-refractivity contribution in [3.05, 3.63) is 34.9 Å². The van der Waals surface area contributed by atoms with Gasteiger partial charge in [0.2, 0.25) is 0 Å². The topological polar surface area (TPSA) is 12.5 Å². The molecular formula is C18H28O. The zero-order valence-corrected chi connectivity index (χ0v) is 13.3. The summed E-state index contributed by atoms with van der Waals surface area (Å²) in [5, 5.41) is 0. The highest BCUT2D eigenvalue weighted by atomic mass is 16.6. The minimum absolute atomic E-state index is 0.226. The molecule has 0 N–H and O–H groups in total. The molecule has 3 unspecified atom stereocenters. The van der Waals surface area contributed by atoms with Gasteiger partial charge in [-0.05, 0) is 47.8 Å². The number of epoxide rings is 1. The molecule has 1 aromatic rings. The van der Waals surface area contributed by atoms with Gasteiger partial charge >= 0.3 is 0 Å². The van der Waals surface area contributed by atoms with Crippen molar-refractivity contribution >= 4 is 0 Å². The Bertz CT molecular complexity index is 441. The Morgan fingerprint density at radius 3 is 2.37 bits per heavy atom. The molecule has 3 atom stereocenters. The normalized spacial score (nSPS) is 24.3. The zero-order chi connectivity index (χ0) is 14.2. The summed E-state index contributed by atoms with van der Waals surface area (Å²) in [6.45, 7) is 13.6. The average molecular weight is 260 g/mol. The molecule has 0 aliphatic carbocycles. The van der Waals surface area contributed by atoms with Crippen LogP contribution in [0.4, 0.5) is 0 Å². The van der Waals surface area contributed by atoms with E-state index >= 15 is 0 Å². The Balaban J connectivity index is 2.25. The van der Waals surface area contributed by atoms with Crippen molar-refractivity contribution in [1.82, 2.24) is 0 Å². The molecule has 1 nitrogen and oxygen atoms in total. The van der Waals surface area contributed by atoms with Crippen LogP contribution in [-0.4, -0.2) is 12.2 Å². The van der Waals surface area contributed by atoms with Gasteiger partial charge in [-0.15, -0.1) is 0 Å². The second kappa shape index (κ2) is 5.28. The fraction of sp³-hybridized carbons (Fsp3) is 0.667. The SMILES string of the molecule is CCc1ccc(C(C)(C)C)cc1C(C)CC1OC1C. The van der Waals surface area contributed by atoms with Crippen molar-refractivity contribution in [1.29, 1.82) is 0 Å². The van der Waals surface area contributed by atoms with Gasteiger partial charge < -0.3 is 4.74 Å². The largest absolute Gasteiger partial charge is 0.370 e.